The van der Waals surface area contributed by atoms with E-state index in [1.165, 1.54) is 11.6 Å². The van der Waals surface area contributed by atoms with E-state index in [0.717, 1.165) is 28.1 Å². The van der Waals surface area contributed by atoms with Gasteiger partial charge in [-0.25, -0.2) is 0 Å². The summed E-state index contributed by atoms with van der Waals surface area (Å²) in [6.07, 6.45) is 3.17. The van der Waals surface area contributed by atoms with Gasteiger partial charge in [0.05, 0.1) is 7.11 Å². The third kappa shape index (κ3) is 5.43. The van der Waals surface area contributed by atoms with Crippen molar-refractivity contribution in [1.29, 1.82) is 0 Å². The number of ether oxygens (including phenoxy) is 1. The number of anilines is 1. The van der Waals surface area contributed by atoms with Crippen LogP contribution in [0.4, 0.5) is 5.69 Å². The highest BCUT2D eigenvalue weighted by atomic mass is 32.1. The van der Waals surface area contributed by atoms with Gasteiger partial charge in [0.15, 0.2) is 5.11 Å². The number of methoxy groups -OCH3 is 1. The van der Waals surface area contributed by atoms with Gasteiger partial charge >= 0.3 is 0 Å². The summed E-state index contributed by atoms with van der Waals surface area (Å²) < 4.78 is 5.10. The fraction of sp³-hybridized carbons (Fsp3) is 0.200. The molecule has 2 aromatic carbocycles. The zero-order valence-corrected chi connectivity index (χ0v) is 15.7. The molecule has 2 N–H and O–H groups in total. The molecular weight excluding hydrogens is 332 g/mol. The molecule has 0 bridgehead atoms. The lowest BCUT2D eigenvalue weighted by atomic mass is 10.1. The normalized spacial score (nSPS) is 10.6. The molecule has 2 aromatic rings. The van der Waals surface area contributed by atoms with E-state index in [0.29, 0.717) is 0 Å². The summed E-state index contributed by atoms with van der Waals surface area (Å²) in [6, 6.07) is 11.6. The first-order chi connectivity index (χ1) is 11.9. The summed E-state index contributed by atoms with van der Waals surface area (Å²) in [7, 11) is 1.61. The van der Waals surface area contributed by atoms with Crippen molar-refractivity contribution in [1.82, 2.24) is 5.32 Å². The van der Waals surface area contributed by atoms with Crippen molar-refractivity contribution >= 4 is 35.0 Å². The lowest BCUT2D eigenvalue weighted by molar-refractivity contribution is -0.115. The average molecular weight is 354 g/mol. The maximum absolute atomic E-state index is 12.0. The summed E-state index contributed by atoms with van der Waals surface area (Å²) in [5.41, 5.74) is 5.19. The number of benzene rings is 2. The highest BCUT2D eigenvalue weighted by Crippen LogP contribution is 2.21. The molecule has 130 valence electrons. The van der Waals surface area contributed by atoms with E-state index in [-0.39, 0.29) is 11.0 Å². The Labute approximate surface area is 153 Å². The number of rotatable bonds is 4. The summed E-state index contributed by atoms with van der Waals surface area (Å²) in [4.78, 5) is 12.0. The molecule has 0 radical (unpaired) electrons. The molecule has 0 aromatic heterocycles. The first kappa shape index (κ1) is 18.7. The molecule has 0 heterocycles. The van der Waals surface area contributed by atoms with Crippen molar-refractivity contribution in [3.8, 4) is 5.75 Å². The van der Waals surface area contributed by atoms with Gasteiger partial charge in [0.2, 0.25) is 5.91 Å². The molecule has 0 fully saturated rings. The molecule has 0 spiro atoms. The monoisotopic (exact) mass is 354 g/mol. The van der Waals surface area contributed by atoms with E-state index in [9.17, 15) is 4.79 Å². The number of hydrogen-bond donors (Lipinski definition) is 2. The number of carbonyl (C=O) groups is 1. The summed E-state index contributed by atoms with van der Waals surface area (Å²) >= 11 is 5.23. The van der Waals surface area contributed by atoms with Gasteiger partial charge in [0.1, 0.15) is 5.75 Å². The van der Waals surface area contributed by atoms with Gasteiger partial charge in [0.25, 0.3) is 0 Å². The van der Waals surface area contributed by atoms with Gasteiger partial charge in [-0.2, -0.15) is 0 Å². The van der Waals surface area contributed by atoms with E-state index in [4.69, 9.17) is 17.0 Å². The van der Waals surface area contributed by atoms with E-state index in [2.05, 4.69) is 22.8 Å². The SMILES string of the molecule is COc1ccc(/C=C/C(=O)NC(=S)Nc2c(C)cc(C)cc2C)cc1. The lowest BCUT2D eigenvalue weighted by Gasteiger charge is -2.14. The molecule has 25 heavy (non-hydrogen) atoms. The molecule has 0 unspecified atom stereocenters. The van der Waals surface area contributed by atoms with Crippen LogP contribution < -0.4 is 15.4 Å². The molecule has 4 nitrogen and oxygen atoms in total. The largest absolute Gasteiger partial charge is 0.497 e. The zero-order chi connectivity index (χ0) is 18.4. The minimum atomic E-state index is -0.282. The van der Waals surface area contributed by atoms with E-state index in [1.54, 1.807) is 13.2 Å². The van der Waals surface area contributed by atoms with Gasteiger partial charge < -0.3 is 10.1 Å². The Kier molecular flexibility index (Phi) is 6.31. The van der Waals surface area contributed by atoms with Crippen LogP contribution in [0.5, 0.6) is 5.75 Å². The van der Waals surface area contributed by atoms with Gasteiger partial charge in [-0.3, -0.25) is 10.1 Å². The van der Waals surface area contributed by atoms with Crippen LogP contribution in [0.1, 0.15) is 22.3 Å². The second kappa shape index (κ2) is 8.44. The topological polar surface area (TPSA) is 50.4 Å². The maximum Gasteiger partial charge on any atom is 0.250 e. The standard InChI is InChI=1S/C20H22N2O2S/c1-13-11-14(2)19(15(3)12-13)22-20(25)21-18(23)10-7-16-5-8-17(24-4)9-6-16/h5-12H,1-4H3,(H2,21,22,23,25)/b10-7+. The smallest absolute Gasteiger partial charge is 0.250 e. The van der Waals surface area contributed by atoms with Crippen LogP contribution in [0.15, 0.2) is 42.5 Å². The molecule has 1 amide bonds. The van der Waals surface area contributed by atoms with Crippen molar-refractivity contribution < 1.29 is 9.53 Å². The Morgan fingerprint density at radius 2 is 1.68 bits per heavy atom. The first-order valence-electron chi connectivity index (χ1n) is 7.91. The predicted octanol–water partition coefficient (Wildman–Crippen LogP) is 4.15. The van der Waals surface area contributed by atoms with Crippen LogP contribution in [0.25, 0.3) is 6.08 Å². The Bertz CT molecular complexity index is 788. The molecule has 0 atom stereocenters. The second-order valence-electron chi connectivity index (χ2n) is 5.82. The number of thiocarbonyl (C=S) groups is 1. The fourth-order valence-corrected chi connectivity index (χ4v) is 2.77. The highest BCUT2D eigenvalue weighted by Gasteiger charge is 2.07. The van der Waals surface area contributed by atoms with E-state index < -0.39 is 0 Å². The molecular formula is C20H22N2O2S. The van der Waals surface area contributed by atoms with Crippen molar-refractivity contribution in [3.05, 3.63) is 64.7 Å². The predicted molar refractivity (Wildman–Crippen MR) is 107 cm³/mol. The van der Waals surface area contributed by atoms with Crippen LogP contribution >= 0.6 is 12.2 Å². The Hall–Kier alpha value is -2.66. The molecule has 0 aliphatic carbocycles. The minimum Gasteiger partial charge on any atom is -0.497 e. The molecule has 0 saturated carbocycles. The number of hydrogen-bond acceptors (Lipinski definition) is 3. The van der Waals surface area contributed by atoms with Gasteiger partial charge in [0, 0.05) is 11.8 Å². The summed E-state index contributed by atoms with van der Waals surface area (Å²) in [6.45, 7) is 6.07. The number of carbonyl (C=O) groups excluding carboxylic acids is 1. The summed E-state index contributed by atoms with van der Waals surface area (Å²) in [5.74, 6) is 0.492. The number of amides is 1. The third-order valence-electron chi connectivity index (χ3n) is 3.70. The quantitative estimate of drug-likeness (QED) is 0.640. The van der Waals surface area contributed by atoms with E-state index in [1.807, 2.05) is 45.0 Å². The molecule has 0 aliphatic rings. The number of nitrogens with one attached hydrogen (secondary N) is 2. The minimum absolute atomic E-state index is 0.277. The van der Waals surface area contributed by atoms with Crippen molar-refractivity contribution in [2.45, 2.75) is 20.8 Å². The first-order valence-corrected chi connectivity index (χ1v) is 8.32. The highest BCUT2D eigenvalue weighted by molar-refractivity contribution is 7.80. The molecule has 5 heteroatoms. The van der Waals surface area contributed by atoms with E-state index >= 15 is 0 Å². The van der Waals surface area contributed by atoms with Crippen molar-refractivity contribution in [2.24, 2.45) is 0 Å². The zero-order valence-electron chi connectivity index (χ0n) is 14.8. The van der Waals surface area contributed by atoms with Crippen LogP contribution in [0.2, 0.25) is 0 Å². The van der Waals surface area contributed by atoms with Crippen molar-refractivity contribution in [2.75, 3.05) is 12.4 Å². The Morgan fingerprint density at radius 3 is 2.24 bits per heavy atom. The average Bonchev–Trinajstić information content (AvgIpc) is 2.56. The molecule has 2 rings (SSSR count). The molecule has 0 aliphatic heterocycles. The van der Waals surface area contributed by atoms with Crippen LogP contribution in [0.3, 0.4) is 0 Å². The van der Waals surface area contributed by atoms with Gasteiger partial charge in [-0.15, -0.1) is 0 Å². The van der Waals surface area contributed by atoms with Crippen LogP contribution in [0, 0.1) is 20.8 Å². The van der Waals surface area contributed by atoms with Crippen LogP contribution in [-0.4, -0.2) is 18.1 Å². The Balaban J connectivity index is 1.96. The van der Waals surface area contributed by atoms with Gasteiger partial charge in [-0.1, -0.05) is 29.8 Å². The van der Waals surface area contributed by atoms with Crippen LogP contribution in [-0.2, 0) is 4.79 Å². The molecule has 0 saturated heterocycles. The lowest BCUT2D eigenvalue weighted by Crippen LogP contribution is -2.33. The Morgan fingerprint density at radius 1 is 1.08 bits per heavy atom. The summed E-state index contributed by atoms with van der Waals surface area (Å²) in [5, 5.41) is 6.04. The second-order valence-corrected chi connectivity index (χ2v) is 6.23. The fourth-order valence-electron chi connectivity index (χ4n) is 2.56. The van der Waals surface area contributed by atoms with Gasteiger partial charge in [-0.05, 0) is 67.9 Å². The maximum atomic E-state index is 12.0. The third-order valence-corrected chi connectivity index (χ3v) is 3.90. The number of aryl methyl sites for hydroxylation is 3. The van der Waals surface area contributed by atoms with Crippen molar-refractivity contribution in [3.63, 3.8) is 0 Å².